The summed E-state index contributed by atoms with van der Waals surface area (Å²) < 4.78 is 4.23. The number of aromatic nitrogens is 4. The number of nitrogens with zero attached hydrogens (tertiary/aromatic N) is 6. The van der Waals surface area contributed by atoms with E-state index in [2.05, 4.69) is 62.2 Å². The van der Waals surface area contributed by atoms with E-state index in [4.69, 9.17) is 4.98 Å². The van der Waals surface area contributed by atoms with Gasteiger partial charge in [-0.05, 0) is 18.6 Å². The Kier molecular flexibility index (Phi) is 4.08. The van der Waals surface area contributed by atoms with Gasteiger partial charge in [0, 0.05) is 64.6 Å². The summed E-state index contributed by atoms with van der Waals surface area (Å²) in [6, 6.07) is 4.19. The Balaban J connectivity index is 1.35. The normalized spacial score (nSPS) is 16.9. The van der Waals surface area contributed by atoms with E-state index in [-0.39, 0.29) is 0 Å². The van der Waals surface area contributed by atoms with E-state index in [1.54, 1.807) is 0 Å². The van der Waals surface area contributed by atoms with Crippen molar-refractivity contribution in [2.75, 3.05) is 26.2 Å². The lowest BCUT2D eigenvalue weighted by atomic mass is 10.3. The van der Waals surface area contributed by atoms with Crippen LogP contribution in [0.15, 0.2) is 36.9 Å². The van der Waals surface area contributed by atoms with Crippen molar-refractivity contribution < 1.29 is 0 Å². The maximum absolute atomic E-state index is 4.79. The van der Waals surface area contributed by atoms with Crippen molar-refractivity contribution in [3.8, 4) is 0 Å². The molecule has 1 aliphatic heterocycles. The SMILES string of the molecule is Cc1cccn2cc(CN3CCN(Cc4nccn4C)CC3)nc12. The molecular formula is C18H24N6. The summed E-state index contributed by atoms with van der Waals surface area (Å²) in [4.78, 5) is 14.2. The fourth-order valence-electron chi connectivity index (χ4n) is 3.36. The lowest BCUT2D eigenvalue weighted by Gasteiger charge is -2.34. The van der Waals surface area contributed by atoms with Crippen LogP contribution < -0.4 is 0 Å². The van der Waals surface area contributed by atoms with E-state index in [9.17, 15) is 0 Å². The van der Waals surface area contributed by atoms with E-state index in [1.165, 1.54) is 5.56 Å². The van der Waals surface area contributed by atoms with Crippen molar-refractivity contribution in [3.63, 3.8) is 0 Å². The quantitative estimate of drug-likeness (QED) is 0.732. The molecule has 3 aromatic heterocycles. The van der Waals surface area contributed by atoms with Gasteiger partial charge in [-0.3, -0.25) is 9.80 Å². The molecule has 0 spiro atoms. The summed E-state index contributed by atoms with van der Waals surface area (Å²) >= 11 is 0. The van der Waals surface area contributed by atoms with Crippen molar-refractivity contribution in [3.05, 3.63) is 54.0 Å². The zero-order valence-electron chi connectivity index (χ0n) is 14.4. The lowest BCUT2D eigenvalue weighted by Crippen LogP contribution is -2.45. The van der Waals surface area contributed by atoms with E-state index >= 15 is 0 Å². The smallest absolute Gasteiger partial charge is 0.139 e. The average Bonchev–Trinajstić information content (AvgIpc) is 3.16. The van der Waals surface area contributed by atoms with Crippen LogP contribution in [0.3, 0.4) is 0 Å². The number of aryl methyl sites for hydroxylation is 2. The van der Waals surface area contributed by atoms with E-state index < -0.39 is 0 Å². The number of rotatable bonds is 4. The van der Waals surface area contributed by atoms with Gasteiger partial charge in [0.25, 0.3) is 0 Å². The maximum atomic E-state index is 4.79. The molecule has 0 amide bonds. The highest BCUT2D eigenvalue weighted by Crippen LogP contribution is 2.13. The molecule has 1 saturated heterocycles. The molecule has 0 atom stereocenters. The minimum Gasteiger partial charge on any atom is -0.337 e. The number of fused-ring (bicyclic) bond motifs is 1. The predicted octanol–water partition coefficient (Wildman–Crippen LogP) is 1.69. The summed E-state index contributed by atoms with van der Waals surface area (Å²) in [6.45, 7) is 8.30. The second-order valence-electron chi connectivity index (χ2n) is 6.66. The number of hydrogen-bond donors (Lipinski definition) is 0. The first-order valence-electron chi connectivity index (χ1n) is 8.53. The zero-order chi connectivity index (χ0) is 16.5. The maximum Gasteiger partial charge on any atom is 0.139 e. The summed E-state index contributed by atoms with van der Waals surface area (Å²) in [5.41, 5.74) is 3.45. The van der Waals surface area contributed by atoms with Crippen LogP contribution >= 0.6 is 0 Å². The van der Waals surface area contributed by atoms with Crippen LogP contribution in [-0.2, 0) is 20.1 Å². The van der Waals surface area contributed by atoms with E-state index in [0.717, 1.165) is 56.4 Å². The first-order valence-corrected chi connectivity index (χ1v) is 8.53. The van der Waals surface area contributed by atoms with Crippen molar-refractivity contribution in [1.82, 2.24) is 28.7 Å². The van der Waals surface area contributed by atoms with Crippen LogP contribution in [0.5, 0.6) is 0 Å². The Bertz CT molecular complexity index is 825. The minimum atomic E-state index is 0.928. The molecule has 6 heteroatoms. The Labute approximate surface area is 142 Å². The van der Waals surface area contributed by atoms with Crippen LogP contribution in [0.1, 0.15) is 17.1 Å². The van der Waals surface area contributed by atoms with Crippen LogP contribution in [0.2, 0.25) is 0 Å². The molecule has 4 heterocycles. The molecule has 4 rings (SSSR count). The second-order valence-corrected chi connectivity index (χ2v) is 6.66. The first-order chi connectivity index (χ1) is 11.7. The summed E-state index contributed by atoms with van der Waals surface area (Å²) in [7, 11) is 2.06. The van der Waals surface area contributed by atoms with Gasteiger partial charge in [0.15, 0.2) is 0 Å². The molecule has 1 aliphatic rings. The first kappa shape index (κ1) is 15.4. The van der Waals surface area contributed by atoms with Gasteiger partial charge in [-0.15, -0.1) is 0 Å². The van der Waals surface area contributed by atoms with Crippen molar-refractivity contribution in [2.24, 2.45) is 7.05 Å². The molecule has 0 saturated carbocycles. The molecule has 6 nitrogen and oxygen atoms in total. The Morgan fingerprint density at radius 2 is 1.79 bits per heavy atom. The highest BCUT2D eigenvalue weighted by atomic mass is 15.3. The molecule has 24 heavy (non-hydrogen) atoms. The Hall–Kier alpha value is -2.18. The third-order valence-electron chi connectivity index (χ3n) is 4.86. The van der Waals surface area contributed by atoms with Crippen LogP contribution in [0.4, 0.5) is 0 Å². The molecule has 0 radical (unpaired) electrons. The number of imidazole rings is 2. The van der Waals surface area contributed by atoms with Crippen molar-refractivity contribution >= 4 is 5.65 Å². The number of piperazine rings is 1. The molecule has 0 unspecified atom stereocenters. The van der Waals surface area contributed by atoms with Gasteiger partial charge in [-0.25, -0.2) is 9.97 Å². The van der Waals surface area contributed by atoms with Gasteiger partial charge in [0.05, 0.1) is 12.2 Å². The average molecular weight is 324 g/mol. The molecule has 0 aromatic carbocycles. The third kappa shape index (κ3) is 3.07. The molecule has 1 fully saturated rings. The van der Waals surface area contributed by atoms with Gasteiger partial charge in [-0.2, -0.15) is 0 Å². The lowest BCUT2D eigenvalue weighted by molar-refractivity contribution is 0.118. The summed E-state index contributed by atoms with van der Waals surface area (Å²) in [6.07, 6.45) is 8.11. The fourth-order valence-corrected chi connectivity index (χ4v) is 3.36. The summed E-state index contributed by atoms with van der Waals surface area (Å²) in [5.74, 6) is 1.14. The van der Waals surface area contributed by atoms with Crippen molar-refractivity contribution in [2.45, 2.75) is 20.0 Å². The highest BCUT2D eigenvalue weighted by Gasteiger charge is 2.19. The second kappa shape index (κ2) is 6.37. The molecule has 3 aromatic rings. The third-order valence-corrected chi connectivity index (χ3v) is 4.86. The zero-order valence-corrected chi connectivity index (χ0v) is 14.4. The predicted molar refractivity (Wildman–Crippen MR) is 93.7 cm³/mol. The highest BCUT2D eigenvalue weighted by molar-refractivity contribution is 5.47. The molecule has 0 N–H and O–H groups in total. The number of pyridine rings is 1. The largest absolute Gasteiger partial charge is 0.337 e. The van der Waals surface area contributed by atoms with Gasteiger partial charge in [0.2, 0.25) is 0 Å². The van der Waals surface area contributed by atoms with E-state index in [1.807, 2.05) is 12.4 Å². The van der Waals surface area contributed by atoms with Crippen molar-refractivity contribution in [1.29, 1.82) is 0 Å². The van der Waals surface area contributed by atoms with Gasteiger partial charge in [0.1, 0.15) is 11.5 Å². The van der Waals surface area contributed by atoms with Gasteiger partial charge >= 0.3 is 0 Å². The van der Waals surface area contributed by atoms with Gasteiger partial charge < -0.3 is 8.97 Å². The Morgan fingerprint density at radius 3 is 2.46 bits per heavy atom. The van der Waals surface area contributed by atoms with Crippen LogP contribution in [0.25, 0.3) is 5.65 Å². The van der Waals surface area contributed by atoms with Gasteiger partial charge in [-0.1, -0.05) is 6.07 Å². The fraction of sp³-hybridized carbons (Fsp3) is 0.444. The number of hydrogen-bond acceptors (Lipinski definition) is 4. The molecular weight excluding hydrogens is 300 g/mol. The van der Waals surface area contributed by atoms with Crippen LogP contribution in [-0.4, -0.2) is 54.9 Å². The monoisotopic (exact) mass is 324 g/mol. The molecule has 0 bridgehead atoms. The van der Waals surface area contributed by atoms with E-state index in [0.29, 0.717) is 0 Å². The molecule has 126 valence electrons. The molecule has 0 aliphatic carbocycles. The Morgan fingerprint density at radius 1 is 1.04 bits per heavy atom. The summed E-state index contributed by atoms with van der Waals surface area (Å²) in [5, 5.41) is 0. The standard InChI is InChI=1S/C18H24N6/c1-15-4-3-6-24-13-16(20-18(15)24)12-22-8-10-23(11-9-22)14-17-19-5-7-21(17)2/h3-7,13H,8-12,14H2,1-2H3. The van der Waals surface area contributed by atoms with Crippen LogP contribution in [0, 0.1) is 6.92 Å². The minimum absolute atomic E-state index is 0.928. The topological polar surface area (TPSA) is 41.6 Å².